The molecule has 0 fully saturated rings. The maximum atomic E-state index is 11.6. The van der Waals surface area contributed by atoms with Crippen molar-refractivity contribution in [2.24, 2.45) is 5.92 Å². The molecule has 5 nitrogen and oxygen atoms in total. The first-order valence-corrected chi connectivity index (χ1v) is 6.29. The van der Waals surface area contributed by atoms with Crippen LogP contribution in [-0.2, 0) is 9.59 Å². The number of nitrogens with one attached hydrogen (secondary N) is 2. The van der Waals surface area contributed by atoms with Gasteiger partial charge in [0.15, 0.2) is 0 Å². The summed E-state index contributed by atoms with van der Waals surface area (Å²) < 4.78 is 0. The standard InChI is InChI=1S/C13H17ClN2O3/c1-8(2)12(13(18)19)15-7-11(17)16-10-5-3-9(14)4-6-10/h3-6,8,12,15H,7H2,1-2H3,(H,16,17)(H,18,19). The third-order valence-corrected chi connectivity index (χ3v) is 2.80. The Morgan fingerprint density at radius 3 is 2.32 bits per heavy atom. The molecule has 104 valence electrons. The molecule has 0 saturated heterocycles. The predicted octanol–water partition coefficient (Wildman–Crippen LogP) is 1.98. The SMILES string of the molecule is CC(C)C(NCC(=O)Nc1ccc(Cl)cc1)C(=O)O. The monoisotopic (exact) mass is 284 g/mol. The molecule has 0 aliphatic heterocycles. The van der Waals surface area contributed by atoms with Crippen molar-refractivity contribution >= 4 is 29.2 Å². The van der Waals surface area contributed by atoms with Crippen LogP contribution < -0.4 is 10.6 Å². The molecule has 1 aromatic rings. The fourth-order valence-corrected chi connectivity index (χ4v) is 1.68. The Morgan fingerprint density at radius 2 is 1.84 bits per heavy atom. The first-order valence-electron chi connectivity index (χ1n) is 5.91. The van der Waals surface area contributed by atoms with Crippen LogP contribution in [0.3, 0.4) is 0 Å². The van der Waals surface area contributed by atoms with Gasteiger partial charge in [0.1, 0.15) is 6.04 Å². The van der Waals surface area contributed by atoms with Crippen molar-refractivity contribution < 1.29 is 14.7 Å². The average Bonchev–Trinajstić information content (AvgIpc) is 2.31. The molecule has 0 spiro atoms. The van der Waals surface area contributed by atoms with Crippen LogP contribution in [0.5, 0.6) is 0 Å². The zero-order valence-electron chi connectivity index (χ0n) is 10.8. The molecular formula is C13H17ClN2O3. The molecule has 0 aliphatic carbocycles. The Morgan fingerprint density at radius 1 is 1.26 bits per heavy atom. The van der Waals surface area contributed by atoms with E-state index in [1.807, 2.05) is 0 Å². The number of hydrogen-bond donors (Lipinski definition) is 3. The van der Waals surface area contributed by atoms with Crippen LogP contribution in [0.2, 0.25) is 5.02 Å². The van der Waals surface area contributed by atoms with Crippen molar-refractivity contribution in [2.75, 3.05) is 11.9 Å². The second kappa shape index (κ2) is 7.11. The quantitative estimate of drug-likeness (QED) is 0.746. The molecule has 19 heavy (non-hydrogen) atoms. The molecule has 0 aliphatic rings. The van der Waals surface area contributed by atoms with Gasteiger partial charge in [0.05, 0.1) is 6.54 Å². The number of carbonyl (C=O) groups excluding carboxylic acids is 1. The lowest BCUT2D eigenvalue weighted by Crippen LogP contribution is -2.44. The zero-order chi connectivity index (χ0) is 14.4. The van der Waals surface area contributed by atoms with E-state index in [9.17, 15) is 9.59 Å². The van der Waals surface area contributed by atoms with Crippen LogP contribution in [0.15, 0.2) is 24.3 Å². The fraction of sp³-hybridized carbons (Fsp3) is 0.385. The predicted molar refractivity (Wildman–Crippen MR) is 74.3 cm³/mol. The second-order valence-electron chi connectivity index (χ2n) is 4.50. The normalized spacial score (nSPS) is 12.2. The smallest absolute Gasteiger partial charge is 0.320 e. The molecule has 6 heteroatoms. The Balaban J connectivity index is 2.47. The van der Waals surface area contributed by atoms with Gasteiger partial charge in [-0.2, -0.15) is 0 Å². The van der Waals surface area contributed by atoms with Crippen molar-refractivity contribution in [3.05, 3.63) is 29.3 Å². The van der Waals surface area contributed by atoms with E-state index in [1.165, 1.54) is 0 Å². The molecule has 0 radical (unpaired) electrons. The molecule has 0 heterocycles. The summed E-state index contributed by atoms with van der Waals surface area (Å²) >= 11 is 5.73. The summed E-state index contributed by atoms with van der Waals surface area (Å²) in [5.41, 5.74) is 0.618. The molecule has 1 rings (SSSR count). The van der Waals surface area contributed by atoms with Crippen molar-refractivity contribution in [3.63, 3.8) is 0 Å². The molecule has 0 bridgehead atoms. The first kappa shape index (κ1) is 15.5. The van der Waals surface area contributed by atoms with Crippen LogP contribution in [0.25, 0.3) is 0 Å². The molecule has 1 unspecified atom stereocenters. The van der Waals surface area contributed by atoms with Crippen molar-refractivity contribution in [3.8, 4) is 0 Å². The summed E-state index contributed by atoms with van der Waals surface area (Å²) in [7, 11) is 0. The Labute approximate surface area is 117 Å². The number of anilines is 1. The third kappa shape index (κ3) is 5.28. The van der Waals surface area contributed by atoms with E-state index in [1.54, 1.807) is 38.1 Å². The van der Waals surface area contributed by atoms with Crippen LogP contribution in [-0.4, -0.2) is 29.6 Å². The van der Waals surface area contributed by atoms with Crippen molar-refractivity contribution in [2.45, 2.75) is 19.9 Å². The molecule has 1 amide bonds. The van der Waals surface area contributed by atoms with Gasteiger partial charge in [0, 0.05) is 10.7 Å². The number of benzene rings is 1. The van der Waals surface area contributed by atoms with Gasteiger partial charge in [0.2, 0.25) is 5.91 Å². The van der Waals surface area contributed by atoms with Gasteiger partial charge in [-0.3, -0.25) is 14.9 Å². The Kier molecular flexibility index (Phi) is 5.79. The number of halogens is 1. The van der Waals surface area contributed by atoms with E-state index >= 15 is 0 Å². The van der Waals surface area contributed by atoms with E-state index < -0.39 is 12.0 Å². The van der Waals surface area contributed by atoms with Gasteiger partial charge in [0.25, 0.3) is 0 Å². The highest BCUT2D eigenvalue weighted by Crippen LogP contribution is 2.13. The number of carboxylic acids is 1. The minimum absolute atomic E-state index is 0.0578. The van der Waals surface area contributed by atoms with Crippen LogP contribution >= 0.6 is 11.6 Å². The molecular weight excluding hydrogens is 268 g/mol. The van der Waals surface area contributed by atoms with Gasteiger partial charge in [-0.15, -0.1) is 0 Å². The Bertz CT molecular complexity index is 446. The molecule has 0 saturated carbocycles. The van der Waals surface area contributed by atoms with E-state index in [2.05, 4.69) is 10.6 Å². The summed E-state index contributed by atoms with van der Waals surface area (Å²) in [4.78, 5) is 22.6. The highest BCUT2D eigenvalue weighted by Gasteiger charge is 2.21. The van der Waals surface area contributed by atoms with Gasteiger partial charge in [-0.1, -0.05) is 25.4 Å². The summed E-state index contributed by atoms with van der Waals surface area (Å²) in [6.07, 6.45) is 0. The lowest BCUT2D eigenvalue weighted by Gasteiger charge is -2.17. The number of rotatable bonds is 6. The molecule has 3 N–H and O–H groups in total. The maximum Gasteiger partial charge on any atom is 0.320 e. The van der Waals surface area contributed by atoms with Crippen LogP contribution in [0, 0.1) is 5.92 Å². The number of hydrogen-bond acceptors (Lipinski definition) is 3. The number of carboxylic acid groups (broad SMARTS) is 1. The third-order valence-electron chi connectivity index (χ3n) is 2.54. The number of aliphatic carboxylic acids is 1. The largest absolute Gasteiger partial charge is 0.480 e. The van der Waals surface area contributed by atoms with Gasteiger partial charge < -0.3 is 10.4 Å². The summed E-state index contributed by atoms with van der Waals surface area (Å²) in [6, 6.07) is 5.95. The van der Waals surface area contributed by atoms with E-state index in [-0.39, 0.29) is 18.4 Å². The van der Waals surface area contributed by atoms with Gasteiger partial charge in [-0.05, 0) is 30.2 Å². The van der Waals surface area contributed by atoms with Crippen LogP contribution in [0.1, 0.15) is 13.8 Å². The zero-order valence-corrected chi connectivity index (χ0v) is 11.6. The van der Waals surface area contributed by atoms with Crippen LogP contribution in [0.4, 0.5) is 5.69 Å². The first-order chi connectivity index (χ1) is 8.90. The molecule has 1 atom stereocenters. The van der Waals surface area contributed by atoms with E-state index in [0.717, 1.165) is 0 Å². The highest BCUT2D eigenvalue weighted by molar-refractivity contribution is 6.30. The lowest BCUT2D eigenvalue weighted by atomic mass is 10.1. The fourth-order valence-electron chi connectivity index (χ4n) is 1.55. The molecule has 0 aromatic heterocycles. The average molecular weight is 285 g/mol. The molecule has 1 aromatic carbocycles. The van der Waals surface area contributed by atoms with Crippen molar-refractivity contribution in [1.29, 1.82) is 0 Å². The topological polar surface area (TPSA) is 78.4 Å². The second-order valence-corrected chi connectivity index (χ2v) is 4.93. The summed E-state index contributed by atoms with van der Waals surface area (Å²) in [5, 5.41) is 14.9. The van der Waals surface area contributed by atoms with Gasteiger partial charge >= 0.3 is 5.97 Å². The minimum atomic E-state index is -0.964. The van der Waals surface area contributed by atoms with Gasteiger partial charge in [-0.25, -0.2) is 0 Å². The van der Waals surface area contributed by atoms with Crippen molar-refractivity contribution in [1.82, 2.24) is 5.32 Å². The Hall–Kier alpha value is -1.59. The number of carbonyl (C=O) groups is 2. The highest BCUT2D eigenvalue weighted by atomic mass is 35.5. The summed E-state index contributed by atoms with van der Waals surface area (Å²) in [6.45, 7) is 3.50. The van der Waals surface area contributed by atoms with E-state index in [4.69, 9.17) is 16.7 Å². The minimum Gasteiger partial charge on any atom is -0.480 e. The maximum absolute atomic E-state index is 11.6. The number of amides is 1. The lowest BCUT2D eigenvalue weighted by molar-refractivity contribution is -0.140. The summed E-state index contributed by atoms with van der Waals surface area (Å²) in [5.74, 6) is -1.36. The van der Waals surface area contributed by atoms with E-state index in [0.29, 0.717) is 10.7 Å².